The highest BCUT2D eigenvalue weighted by molar-refractivity contribution is 5.89. The van der Waals surface area contributed by atoms with Gasteiger partial charge in [0.15, 0.2) is 0 Å². The van der Waals surface area contributed by atoms with E-state index in [1.165, 1.54) is 12.1 Å². The van der Waals surface area contributed by atoms with Gasteiger partial charge in [0, 0.05) is 18.8 Å². The number of hydrogen-bond acceptors (Lipinski definition) is 2. The fourth-order valence-corrected chi connectivity index (χ4v) is 2.60. The van der Waals surface area contributed by atoms with Crippen LogP contribution in [0.3, 0.4) is 0 Å². The Labute approximate surface area is 118 Å². The van der Waals surface area contributed by atoms with Crippen molar-refractivity contribution in [2.45, 2.75) is 32.8 Å². The van der Waals surface area contributed by atoms with Gasteiger partial charge >= 0.3 is 6.03 Å². The van der Waals surface area contributed by atoms with E-state index in [2.05, 4.69) is 5.32 Å². The number of nitrogens with one attached hydrogen (secondary N) is 1. The first kappa shape index (κ1) is 14.8. The zero-order valence-corrected chi connectivity index (χ0v) is 11.9. The summed E-state index contributed by atoms with van der Waals surface area (Å²) in [5.41, 5.74) is 1.25. The van der Waals surface area contributed by atoms with Crippen LogP contribution in [0, 0.1) is 18.7 Å². The number of urea groups is 1. The molecule has 110 valence electrons. The predicted octanol–water partition coefficient (Wildman–Crippen LogP) is 2.76. The molecule has 1 atom stereocenters. The van der Waals surface area contributed by atoms with Gasteiger partial charge in [-0.3, -0.25) is 0 Å². The zero-order chi connectivity index (χ0) is 14.7. The fraction of sp³-hybridized carbons (Fsp3) is 0.533. The van der Waals surface area contributed by atoms with Gasteiger partial charge in [-0.15, -0.1) is 0 Å². The Hall–Kier alpha value is -1.62. The average Bonchev–Trinajstić information content (AvgIpc) is 2.37. The quantitative estimate of drug-likeness (QED) is 0.875. The Morgan fingerprint density at radius 1 is 1.40 bits per heavy atom. The first-order valence-corrected chi connectivity index (χ1v) is 6.97. The van der Waals surface area contributed by atoms with Crippen LogP contribution in [0.1, 0.15) is 25.3 Å². The van der Waals surface area contributed by atoms with E-state index < -0.39 is 0 Å². The molecule has 1 heterocycles. The molecule has 20 heavy (non-hydrogen) atoms. The molecule has 1 aliphatic rings. The molecule has 1 aromatic carbocycles. The third kappa shape index (κ3) is 3.70. The highest BCUT2D eigenvalue weighted by atomic mass is 19.1. The maximum atomic E-state index is 13.3. The molecule has 1 unspecified atom stereocenters. The van der Waals surface area contributed by atoms with Crippen molar-refractivity contribution in [3.8, 4) is 0 Å². The lowest BCUT2D eigenvalue weighted by Gasteiger charge is -2.33. The molecule has 1 saturated heterocycles. The van der Waals surface area contributed by atoms with Crippen LogP contribution in [0.2, 0.25) is 0 Å². The first-order valence-electron chi connectivity index (χ1n) is 6.97. The van der Waals surface area contributed by atoms with E-state index >= 15 is 0 Å². The summed E-state index contributed by atoms with van der Waals surface area (Å²) in [5.74, 6) is -0.0939. The molecule has 5 heteroatoms. The number of anilines is 1. The molecular formula is C15H21FN2O2. The lowest BCUT2D eigenvalue weighted by Crippen LogP contribution is -2.42. The van der Waals surface area contributed by atoms with Gasteiger partial charge in [-0.2, -0.15) is 0 Å². The molecule has 0 aliphatic carbocycles. The topological polar surface area (TPSA) is 52.6 Å². The number of hydrogen-bond donors (Lipinski definition) is 2. The Balaban J connectivity index is 1.92. The van der Waals surface area contributed by atoms with E-state index in [9.17, 15) is 14.3 Å². The van der Waals surface area contributed by atoms with Gasteiger partial charge in [-0.25, -0.2) is 9.18 Å². The first-order chi connectivity index (χ1) is 9.45. The number of aryl methyl sites for hydroxylation is 1. The second-order valence-electron chi connectivity index (χ2n) is 5.51. The van der Waals surface area contributed by atoms with Gasteiger partial charge in [0.25, 0.3) is 0 Å². The summed E-state index contributed by atoms with van der Waals surface area (Å²) in [6.45, 7) is 4.81. The lowest BCUT2D eigenvalue weighted by atomic mass is 9.92. The third-order valence-electron chi connectivity index (χ3n) is 3.80. The number of carbonyl (C=O) groups is 1. The van der Waals surface area contributed by atoms with E-state index in [0.29, 0.717) is 18.8 Å². The van der Waals surface area contributed by atoms with Crippen LogP contribution in [0.4, 0.5) is 14.9 Å². The molecular weight excluding hydrogens is 259 g/mol. The normalized spacial score (nSPS) is 17.9. The van der Waals surface area contributed by atoms with E-state index in [4.69, 9.17) is 0 Å². The third-order valence-corrected chi connectivity index (χ3v) is 3.80. The van der Waals surface area contributed by atoms with Crippen LogP contribution < -0.4 is 5.32 Å². The van der Waals surface area contributed by atoms with Crippen molar-refractivity contribution in [1.29, 1.82) is 0 Å². The number of amides is 2. The number of likely N-dealkylation sites (tertiary alicyclic amines) is 1. The summed E-state index contributed by atoms with van der Waals surface area (Å²) in [4.78, 5) is 13.8. The van der Waals surface area contributed by atoms with Crippen LogP contribution >= 0.6 is 0 Å². The largest absolute Gasteiger partial charge is 0.393 e. The van der Waals surface area contributed by atoms with Crippen molar-refractivity contribution < 1.29 is 14.3 Å². The summed E-state index contributed by atoms with van der Waals surface area (Å²) < 4.78 is 13.3. The monoisotopic (exact) mass is 280 g/mol. The molecule has 2 N–H and O–H groups in total. The number of piperidine rings is 1. The van der Waals surface area contributed by atoms with E-state index in [1.54, 1.807) is 24.8 Å². The van der Waals surface area contributed by atoms with Gasteiger partial charge in [-0.1, -0.05) is 0 Å². The fourth-order valence-electron chi connectivity index (χ4n) is 2.60. The van der Waals surface area contributed by atoms with Gasteiger partial charge in [-0.05, 0) is 56.4 Å². The smallest absolute Gasteiger partial charge is 0.321 e. The lowest BCUT2D eigenvalue weighted by molar-refractivity contribution is 0.0820. The minimum Gasteiger partial charge on any atom is -0.393 e. The number of rotatable bonds is 2. The van der Waals surface area contributed by atoms with E-state index in [0.717, 1.165) is 18.4 Å². The number of carbonyl (C=O) groups excluding carboxylic acids is 1. The number of aliphatic hydroxyl groups is 1. The molecule has 0 spiro atoms. The van der Waals surface area contributed by atoms with Gasteiger partial charge < -0.3 is 15.3 Å². The molecule has 1 fully saturated rings. The van der Waals surface area contributed by atoms with Crippen molar-refractivity contribution in [3.05, 3.63) is 29.6 Å². The molecule has 1 aromatic rings. The van der Waals surface area contributed by atoms with Crippen LogP contribution in [-0.4, -0.2) is 35.2 Å². The van der Waals surface area contributed by atoms with Crippen molar-refractivity contribution in [2.75, 3.05) is 18.4 Å². The summed E-state index contributed by atoms with van der Waals surface area (Å²) in [5, 5.41) is 12.3. The maximum absolute atomic E-state index is 13.3. The molecule has 0 bridgehead atoms. The van der Waals surface area contributed by atoms with Crippen molar-refractivity contribution in [3.63, 3.8) is 0 Å². The Kier molecular flexibility index (Phi) is 4.60. The van der Waals surface area contributed by atoms with Gasteiger partial charge in [0.05, 0.1) is 6.10 Å². The Bertz CT molecular complexity index is 463. The summed E-state index contributed by atoms with van der Waals surface area (Å²) in [7, 11) is 0. The maximum Gasteiger partial charge on any atom is 0.321 e. The molecule has 1 aliphatic heterocycles. The molecule has 2 rings (SSSR count). The van der Waals surface area contributed by atoms with Crippen molar-refractivity contribution in [1.82, 2.24) is 4.90 Å². The van der Waals surface area contributed by atoms with Crippen LogP contribution in [0.15, 0.2) is 18.2 Å². The molecule has 0 aromatic heterocycles. The molecule has 2 amide bonds. The van der Waals surface area contributed by atoms with Gasteiger partial charge in [0.2, 0.25) is 0 Å². The average molecular weight is 280 g/mol. The zero-order valence-electron chi connectivity index (χ0n) is 11.9. The van der Waals surface area contributed by atoms with E-state index in [1.807, 2.05) is 0 Å². The minimum atomic E-state index is -0.354. The van der Waals surface area contributed by atoms with Crippen molar-refractivity contribution >= 4 is 11.7 Å². The summed E-state index contributed by atoms with van der Waals surface area (Å²) in [6, 6.07) is 4.26. The minimum absolute atomic E-state index is 0.209. The number of aliphatic hydroxyl groups excluding tert-OH is 1. The predicted molar refractivity (Wildman–Crippen MR) is 76.1 cm³/mol. The second-order valence-corrected chi connectivity index (χ2v) is 5.51. The Morgan fingerprint density at radius 2 is 2.05 bits per heavy atom. The standard InChI is InChI=1S/C15H21FN2O2/c1-10-7-13(16)9-14(8-10)17-15(20)18-5-3-12(4-6-18)11(2)19/h7-9,11-12,19H,3-6H2,1-2H3,(H,17,20). The Morgan fingerprint density at radius 3 is 2.60 bits per heavy atom. The summed E-state index contributed by atoms with van der Waals surface area (Å²) in [6.07, 6.45) is 1.27. The highest BCUT2D eigenvalue weighted by Gasteiger charge is 2.25. The number of nitrogens with zero attached hydrogens (tertiary/aromatic N) is 1. The summed E-state index contributed by atoms with van der Waals surface area (Å²) >= 11 is 0. The van der Waals surface area contributed by atoms with Crippen LogP contribution in [0.25, 0.3) is 0 Å². The number of halogens is 1. The van der Waals surface area contributed by atoms with Crippen LogP contribution in [-0.2, 0) is 0 Å². The van der Waals surface area contributed by atoms with E-state index in [-0.39, 0.29) is 23.9 Å². The second kappa shape index (κ2) is 6.22. The van der Waals surface area contributed by atoms with Gasteiger partial charge in [0.1, 0.15) is 5.82 Å². The van der Waals surface area contributed by atoms with Crippen LogP contribution in [0.5, 0.6) is 0 Å². The molecule has 0 saturated carbocycles. The molecule has 0 radical (unpaired) electrons. The molecule has 4 nitrogen and oxygen atoms in total. The van der Waals surface area contributed by atoms with Crippen molar-refractivity contribution in [2.24, 2.45) is 5.92 Å². The number of benzene rings is 1. The SMILES string of the molecule is Cc1cc(F)cc(NC(=O)N2CCC(C(C)O)CC2)c1. The highest BCUT2D eigenvalue weighted by Crippen LogP contribution is 2.21.